The van der Waals surface area contributed by atoms with Gasteiger partial charge in [-0.15, -0.1) is 0 Å². The third kappa shape index (κ3) is 2.87. The van der Waals surface area contributed by atoms with Gasteiger partial charge in [-0.25, -0.2) is 0 Å². The van der Waals surface area contributed by atoms with E-state index < -0.39 is 4.92 Å². The Bertz CT molecular complexity index is 293. The topological polar surface area (TPSA) is 82.3 Å². The van der Waals surface area contributed by atoms with Crippen LogP contribution in [-0.4, -0.2) is 11.0 Å². The maximum absolute atomic E-state index is 10.2. The van der Waals surface area contributed by atoms with Crippen LogP contribution in [-0.2, 0) is 6.42 Å². The molecule has 0 aromatic carbocycles. The first-order valence-electron chi connectivity index (χ1n) is 4.08. The van der Waals surface area contributed by atoms with E-state index in [1.807, 2.05) is 6.92 Å². The van der Waals surface area contributed by atoms with E-state index >= 15 is 0 Å². The monoisotopic (exact) mass is 184 g/mol. The standard InChI is InChI=1S/C8H12N2O3/c1-6(9)2-3-7-4-5-8(13-7)10(11)12/h4-6H,2-3,9H2,1H3/t6-/m1/s1. The summed E-state index contributed by atoms with van der Waals surface area (Å²) in [7, 11) is 0. The summed E-state index contributed by atoms with van der Waals surface area (Å²) in [5.74, 6) is 0.406. The van der Waals surface area contributed by atoms with Crippen LogP contribution in [0.2, 0.25) is 0 Å². The molecule has 72 valence electrons. The van der Waals surface area contributed by atoms with E-state index in [-0.39, 0.29) is 11.9 Å². The predicted octanol–water partition coefficient (Wildman–Crippen LogP) is 1.47. The molecule has 0 spiro atoms. The van der Waals surface area contributed by atoms with Crippen LogP contribution in [0.4, 0.5) is 5.88 Å². The van der Waals surface area contributed by atoms with Gasteiger partial charge in [0, 0.05) is 12.5 Å². The highest BCUT2D eigenvalue weighted by Gasteiger charge is 2.11. The molecule has 0 saturated heterocycles. The third-order valence-electron chi connectivity index (χ3n) is 1.67. The number of hydrogen-bond acceptors (Lipinski definition) is 4. The largest absolute Gasteiger partial charge is 0.433 e. The molecule has 5 nitrogen and oxygen atoms in total. The first kappa shape index (κ1) is 9.73. The number of rotatable bonds is 4. The average Bonchev–Trinajstić information content (AvgIpc) is 2.48. The first-order chi connectivity index (χ1) is 6.09. The Morgan fingerprint density at radius 1 is 1.69 bits per heavy atom. The van der Waals surface area contributed by atoms with E-state index in [1.165, 1.54) is 6.07 Å². The van der Waals surface area contributed by atoms with Gasteiger partial charge in [-0.1, -0.05) is 0 Å². The average molecular weight is 184 g/mol. The van der Waals surface area contributed by atoms with Gasteiger partial charge in [-0.05, 0) is 19.4 Å². The number of nitrogens with zero attached hydrogens (tertiary/aromatic N) is 1. The minimum atomic E-state index is -0.546. The number of hydrogen-bond donors (Lipinski definition) is 1. The van der Waals surface area contributed by atoms with Gasteiger partial charge in [0.25, 0.3) is 0 Å². The van der Waals surface area contributed by atoms with Gasteiger partial charge in [0.15, 0.2) is 0 Å². The molecule has 0 unspecified atom stereocenters. The second-order valence-electron chi connectivity index (χ2n) is 3.01. The molecule has 1 heterocycles. The lowest BCUT2D eigenvalue weighted by atomic mass is 10.2. The van der Waals surface area contributed by atoms with Crippen molar-refractivity contribution in [1.82, 2.24) is 0 Å². The molecule has 0 aliphatic rings. The molecule has 0 radical (unpaired) electrons. The first-order valence-corrected chi connectivity index (χ1v) is 4.08. The molecule has 1 aromatic rings. The fraction of sp³-hybridized carbons (Fsp3) is 0.500. The molecule has 5 heteroatoms. The fourth-order valence-corrected chi connectivity index (χ4v) is 0.969. The van der Waals surface area contributed by atoms with Crippen molar-refractivity contribution >= 4 is 5.88 Å². The Morgan fingerprint density at radius 3 is 2.85 bits per heavy atom. The second kappa shape index (κ2) is 4.04. The van der Waals surface area contributed by atoms with Gasteiger partial charge in [0.05, 0.1) is 6.07 Å². The van der Waals surface area contributed by atoms with Gasteiger partial charge in [0.1, 0.15) is 10.7 Å². The van der Waals surface area contributed by atoms with Crippen LogP contribution in [0, 0.1) is 10.1 Å². The zero-order chi connectivity index (χ0) is 9.84. The molecule has 0 fully saturated rings. The van der Waals surface area contributed by atoms with E-state index in [0.717, 1.165) is 6.42 Å². The van der Waals surface area contributed by atoms with Crippen LogP contribution >= 0.6 is 0 Å². The SMILES string of the molecule is C[C@@H](N)CCc1ccc([N+](=O)[O-])o1. The predicted molar refractivity (Wildman–Crippen MR) is 47.3 cm³/mol. The van der Waals surface area contributed by atoms with Crippen LogP contribution < -0.4 is 5.73 Å². The van der Waals surface area contributed by atoms with Crippen LogP contribution in [0.15, 0.2) is 16.5 Å². The van der Waals surface area contributed by atoms with Crippen LogP contribution in [0.3, 0.4) is 0 Å². The zero-order valence-electron chi connectivity index (χ0n) is 7.40. The molecule has 0 aliphatic heterocycles. The third-order valence-corrected chi connectivity index (χ3v) is 1.67. The smallest absolute Gasteiger partial charge is 0.406 e. The molecule has 1 rings (SSSR count). The minimum Gasteiger partial charge on any atom is -0.406 e. The van der Waals surface area contributed by atoms with Crippen LogP contribution in [0.1, 0.15) is 19.1 Å². The summed E-state index contributed by atoms with van der Waals surface area (Å²) in [6.07, 6.45) is 1.41. The quantitative estimate of drug-likeness (QED) is 0.567. The summed E-state index contributed by atoms with van der Waals surface area (Å²) in [5.41, 5.74) is 5.53. The molecule has 0 bridgehead atoms. The number of nitrogens with two attached hydrogens (primary N) is 1. The summed E-state index contributed by atoms with van der Waals surface area (Å²) in [4.78, 5) is 9.69. The molecule has 0 amide bonds. The summed E-state index contributed by atoms with van der Waals surface area (Å²) >= 11 is 0. The summed E-state index contributed by atoms with van der Waals surface area (Å²) in [5, 5.41) is 10.2. The zero-order valence-corrected chi connectivity index (χ0v) is 7.40. The Kier molecular flexibility index (Phi) is 3.02. The molecular formula is C8H12N2O3. The Labute approximate surface area is 75.7 Å². The maximum Gasteiger partial charge on any atom is 0.433 e. The van der Waals surface area contributed by atoms with Crippen molar-refractivity contribution in [3.8, 4) is 0 Å². The maximum atomic E-state index is 10.2. The molecule has 1 aromatic heterocycles. The Balaban J connectivity index is 2.54. The van der Waals surface area contributed by atoms with Crippen molar-refractivity contribution in [1.29, 1.82) is 0 Å². The number of nitro groups is 1. The van der Waals surface area contributed by atoms with Gasteiger partial charge < -0.3 is 10.2 Å². The van der Waals surface area contributed by atoms with Gasteiger partial charge in [-0.3, -0.25) is 10.1 Å². The van der Waals surface area contributed by atoms with E-state index in [1.54, 1.807) is 6.07 Å². The second-order valence-corrected chi connectivity index (χ2v) is 3.01. The van der Waals surface area contributed by atoms with Gasteiger partial charge in [-0.2, -0.15) is 0 Å². The molecule has 13 heavy (non-hydrogen) atoms. The van der Waals surface area contributed by atoms with Crippen LogP contribution in [0.5, 0.6) is 0 Å². The van der Waals surface area contributed by atoms with Gasteiger partial charge in [0.2, 0.25) is 0 Å². The fourth-order valence-electron chi connectivity index (χ4n) is 0.969. The number of aryl methyl sites for hydroxylation is 1. The Hall–Kier alpha value is -1.36. The molecule has 2 N–H and O–H groups in total. The van der Waals surface area contributed by atoms with Crippen molar-refractivity contribution in [2.75, 3.05) is 0 Å². The molecular weight excluding hydrogens is 172 g/mol. The van der Waals surface area contributed by atoms with Crippen LogP contribution in [0.25, 0.3) is 0 Å². The summed E-state index contributed by atoms with van der Waals surface area (Å²) in [6.45, 7) is 1.89. The summed E-state index contributed by atoms with van der Waals surface area (Å²) < 4.78 is 4.94. The lowest BCUT2D eigenvalue weighted by Crippen LogP contribution is -2.15. The van der Waals surface area contributed by atoms with Gasteiger partial charge >= 0.3 is 5.88 Å². The highest BCUT2D eigenvalue weighted by atomic mass is 16.6. The Morgan fingerprint density at radius 2 is 2.38 bits per heavy atom. The van der Waals surface area contributed by atoms with Crippen molar-refractivity contribution in [3.63, 3.8) is 0 Å². The highest BCUT2D eigenvalue weighted by molar-refractivity contribution is 5.17. The van der Waals surface area contributed by atoms with Crippen molar-refractivity contribution in [2.24, 2.45) is 5.73 Å². The molecule has 0 aliphatic carbocycles. The van der Waals surface area contributed by atoms with Crippen molar-refractivity contribution < 1.29 is 9.34 Å². The van der Waals surface area contributed by atoms with E-state index in [4.69, 9.17) is 10.2 Å². The van der Waals surface area contributed by atoms with E-state index in [0.29, 0.717) is 12.2 Å². The minimum absolute atomic E-state index is 0.0872. The van der Waals surface area contributed by atoms with Crippen molar-refractivity contribution in [2.45, 2.75) is 25.8 Å². The number of furan rings is 1. The lowest BCUT2D eigenvalue weighted by molar-refractivity contribution is -0.402. The molecule has 0 saturated carbocycles. The lowest BCUT2D eigenvalue weighted by Gasteiger charge is -2.00. The molecule has 1 atom stereocenters. The van der Waals surface area contributed by atoms with Crippen molar-refractivity contribution in [3.05, 3.63) is 28.0 Å². The highest BCUT2D eigenvalue weighted by Crippen LogP contribution is 2.16. The summed E-state index contributed by atoms with van der Waals surface area (Å²) in [6, 6.07) is 3.06. The van der Waals surface area contributed by atoms with E-state index in [2.05, 4.69) is 0 Å². The normalized spacial score (nSPS) is 12.8. The van der Waals surface area contributed by atoms with E-state index in [9.17, 15) is 10.1 Å².